The summed E-state index contributed by atoms with van der Waals surface area (Å²) >= 11 is 0. The Morgan fingerprint density at radius 2 is 1.94 bits per heavy atom. The molecule has 0 spiro atoms. The van der Waals surface area contributed by atoms with E-state index in [-0.39, 0.29) is 34.7 Å². The molecule has 0 aliphatic carbocycles. The first-order valence-electron chi connectivity index (χ1n) is 9.27. The van der Waals surface area contributed by atoms with Gasteiger partial charge in [0.05, 0.1) is 12.0 Å². The Kier molecular flexibility index (Phi) is 7.15. The van der Waals surface area contributed by atoms with Gasteiger partial charge in [-0.05, 0) is 43.0 Å². The molecule has 1 aromatic heterocycles. The number of hydrogen-bond donors (Lipinski definition) is 1. The fourth-order valence-electron chi connectivity index (χ4n) is 2.62. The van der Waals surface area contributed by atoms with Crippen molar-refractivity contribution in [2.75, 3.05) is 14.2 Å². The van der Waals surface area contributed by atoms with Gasteiger partial charge in [0.2, 0.25) is 15.9 Å². The second-order valence-corrected chi connectivity index (χ2v) is 8.22. The number of hydrogen-bond acceptors (Lipinski definition) is 10. The van der Waals surface area contributed by atoms with E-state index in [9.17, 15) is 23.3 Å². The van der Waals surface area contributed by atoms with Crippen molar-refractivity contribution >= 4 is 27.8 Å². The second kappa shape index (κ2) is 10.0. The Morgan fingerprint density at radius 1 is 1.21 bits per heavy atom. The van der Waals surface area contributed by atoms with Gasteiger partial charge >= 0.3 is 5.97 Å². The van der Waals surface area contributed by atoms with Gasteiger partial charge in [-0.1, -0.05) is 6.07 Å². The molecule has 3 aromatic rings. The van der Waals surface area contributed by atoms with Crippen LogP contribution in [0, 0.1) is 10.1 Å². The molecule has 0 aliphatic rings. The Morgan fingerprint density at radius 3 is 2.58 bits per heavy atom. The Bertz CT molecular complexity index is 1300. The van der Waals surface area contributed by atoms with Crippen LogP contribution in [0.15, 0.2) is 57.9 Å². The normalized spacial score (nSPS) is 11.5. The molecule has 0 radical (unpaired) electrons. The monoisotopic (exact) mass is 474 g/mol. The number of carbonyl (C=O) groups excluding carboxylic acids is 1. The number of benzene rings is 2. The summed E-state index contributed by atoms with van der Waals surface area (Å²) in [6, 6.07) is 9.91. The molecule has 1 heterocycles. The smallest absolute Gasteiger partial charge is 0.331 e. The van der Waals surface area contributed by atoms with Crippen LogP contribution < -0.4 is 9.46 Å². The summed E-state index contributed by atoms with van der Waals surface area (Å²) in [7, 11) is -1.14. The van der Waals surface area contributed by atoms with Crippen LogP contribution in [0.1, 0.15) is 11.5 Å². The van der Waals surface area contributed by atoms with E-state index in [4.69, 9.17) is 13.9 Å². The average Bonchev–Trinajstić information content (AvgIpc) is 3.30. The molecule has 3 rings (SSSR count). The van der Waals surface area contributed by atoms with Gasteiger partial charge in [0.25, 0.3) is 11.6 Å². The zero-order valence-electron chi connectivity index (χ0n) is 17.4. The molecule has 0 aliphatic heterocycles. The third-order valence-electron chi connectivity index (χ3n) is 4.29. The van der Waals surface area contributed by atoms with Gasteiger partial charge in [-0.2, -0.15) is 0 Å². The van der Waals surface area contributed by atoms with Crippen LogP contribution in [0.25, 0.3) is 17.5 Å². The summed E-state index contributed by atoms with van der Waals surface area (Å²) < 4.78 is 42.0. The highest BCUT2D eigenvalue weighted by Crippen LogP contribution is 2.25. The number of methoxy groups -OCH3 is 1. The summed E-state index contributed by atoms with van der Waals surface area (Å²) in [5.41, 5.74) is 0.823. The minimum atomic E-state index is -3.76. The zero-order valence-corrected chi connectivity index (χ0v) is 18.2. The first-order valence-corrected chi connectivity index (χ1v) is 10.8. The van der Waals surface area contributed by atoms with Crippen molar-refractivity contribution in [2.45, 2.75) is 11.5 Å². The van der Waals surface area contributed by atoms with Crippen molar-refractivity contribution in [1.29, 1.82) is 0 Å². The predicted octanol–water partition coefficient (Wildman–Crippen LogP) is 2.32. The topological polar surface area (TPSA) is 164 Å². The molecule has 2 aromatic carbocycles. The summed E-state index contributed by atoms with van der Waals surface area (Å²) in [6.07, 6.45) is 2.50. The van der Waals surface area contributed by atoms with Crippen LogP contribution in [0.2, 0.25) is 0 Å². The van der Waals surface area contributed by atoms with Gasteiger partial charge in [-0.3, -0.25) is 10.1 Å². The SMILES string of the molecule is CNS(=O)(=O)c1cc(/C=C/C(=O)OCc2nnc(-c3ccc([N+](=O)[O-])cc3)o2)ccc1OC. The summed E-state index contributed by atoms with van der Waals surface area (Å²) in [4.78, 5) is 22.1. The lowest BCUT2D eigenvalue weighted by molar-refractivity contribution is -0.384. The fraction of sp³-hybridized carbons (Fsp3) is 0.150. The van der Waals surface area contributed by atoms with Gasteiger partial charge in [0.1, 0.15) is 10.6 Å². The molecule has 0 atom stereocenters. The highest BCUT2D eigenvalue weighted by atomic mass is 32.2. The summed E-state index contributed by atoms with van der Waals surface area (Å²) in [6.45, 7) is -0.300. The fourth-order valence-corrected chi connectivity index (χ4v) is 3.54. The average molecular weight is 474 g/mol. The van der Waals surface area contributed by atoms with E-state index < -0.39 is 20.9 Å². The predicted molar refractivity (Wildman–Crippen MR) is 114 cm³/mol. The molecule has 1 N–H and O–H groups in total. The molecular weight excluding hydrogens is 456 g/mol. The molecule has 0 amide bonds. The largest absolute Gasteiger partial charge is 0.495 e. The van der Waals surface area contributed by atoms with Crippen molar-refractivity contribution in [3.05, 3.63) is 70.1 Å². The Balaban J connectivity index is 1.63. The van der Waals surface area contributed by atoms with Crippen molar-refractivity contribution in [3.63, 3.8) is 0 Å². The molecule has 13 heteroatoms. The maximum Gasteiger partial charge on any atom is 0.331 e. The van der Waals surface area contributed by atoms with E-state index in [1.165, 1.54) is 56.6 Å². The molecule has 0 bridgehead atoms. The lowest BCUT2D eigenvalue weighted by Crippen LogP contribution is -2.19. The lowest BCUT2D eigenvalue weighted by atomic mass is 10.2. The number of rotatable bonds is 9. The molecular formula is C20H18N4O8S. The Hall–Kier alpha value is -4.10. The number of nitro benzene ring substituents is 1. The molecule has 0 unspecified atom stereocenters. The van der Waals surface area contributed by atoms with E-state index in [2.05, 4.69) is 14.9 Å². The lowest BCUT2D eigenvalue weighted by Gasteiger charge is -2.09. The molecule has 33 heavy (non-hydrogen) atoms. The van der Waals surface area contributed by atoms with Gasteiger partial charge in [0.15, 0.2) is 6.61 Å². The number of nitrogens with zero attached hydrogens (tertiary/aromatic N) is 3. The van der Waals surface area contributed by atoms with Crippen LogP contribution in [0.3, 0.4) is 0 Å². The summed E-state index contributed by atoms with van der Waals surface area (Å²) in [5, 5.41) is 18.3. The van der Waals surface area contributed by atoms with Crippen molar-refractivity contribution < 1.29 is 32.0 Å². The Labute approximate surface area is 188 Å². The van der Waals surface area contributed by atoms with Gasteiger partial charge in [0, 0.05) is 23.8 Å². The third kappa shape index (κ3) is 5.78. The number of nitrogens with one attached hydrogen (secondary N) is 1. The van der Waals surface area contributed by atoms with Crippen LogP contribution in [0.4, 0.5) is 5.69 Å². The van der Waals surface area contributed by atoms with E-state index in [1.807, 2.05) is 0 Å². The number of esters is 1. The summed E-state index contributed by atoms with van der Waals surface area (Å²) in [5.74, 6) is -0.428. The highest BCUT2D eigenvalue weighted by molar-refractivity contribution is 7.89. The number of nitro groups is 1. The van der Waals surface area contributed by atoms with Crippen molar-refractivity contribution in [2.24, 2.45) is 0 Å². The molecule has 172 valence electrons. The molecule has 0 saturated carbocycles. The first-order chi connectivity index (χ1) is 15.7. The molecule has 0 saturated heterocycles. The molecule has 12 nitrogen and oxygen atoms in total. The van der Waals surface area contributed by atoms with Gasteiger partial charge in [-0.25, -0.2) is 17.9 Å². The second-order valence-electron chi connectivity index (χ2n) is 6.36. The number of sulfonamides is 1. The minimum absolute atomic E-state index is 0.0250. The van der Waals surface area contributed by atoms with E-state index in [1.54, 1.807) is 6.07 Å². The van der Waals surface area contributed by atoms with Gasteiger partial charge in [-0.15, -0.1) is 10.2 Å². The number of carbonyl (C=O) groups is 1. The van der Waals surface area contributed by atoms with Crippen LogP contribution in [0.5, 0.6) is 5.75 Å². The highest BCUT2D eigenvalue weighted by Gasteiger charge is 2.18. The zero-order chi connectivity index (χ0) is 24.0. The number of non-ortho nitro benzene ring substituents is 1. The third-order valence-corrected chi connectivity index (χ3v) is 5.72. The van der Waals surface area contributed by atoms with Gasteiger partial charge < -0.3 is 13.9 Å². The first kappa shape index (κ1) is 23.6. The van der Waals surface area contributed by atoms with E-state index in [0.717, 1.165) is 6.08 Å². The van der Waals surface area contributed by atoms with Crippen LogP contribution in [-0.2, 0) is 26.2 Å². The standard InChI is InChI=1S/C20H18N4O8S/c1-21-33(28,29)17-11-13(3-9-16(17)30-2)4-10-19(25)31-12-18-22-23-20(32-18)14-5-7-15(8-6-14)24(26)27/h3-11,21H,12H2,1-2H3/b10-4+. The number of aromatic nitrogens is 2. The van der Waals surface area contributed by atoms with E-state index in [0.29, 0.717) is 11.1 Å². The van der Waals surface area contributed by atoms with E-state index >= 15 is 0 Å². The quantitative estimate of drug-likeness (QED) is 0.211. The minimum Gasteiger partial charge on any atom is -0.495 e. The van der Waals surface area contributed by atoms with Crippen LogP contribution in [-0.4, -0.2) is 43.7 Å². The van der Waals surface area contributed by atoms with Crippen molar-refractivity contribution in [1.82, 2.24) is 14.9 Å². The van der Waals surface area contributed by atoms with Crippen molar-refractivity contribution in [3.8, 4) is 17.2 Å². The van der Waals surface area contributed by atoms with Crippen LogP contribution >= 0.6 is 0 Å². The maximum atomic E-state index is 12.1. The number of ether oxygens (including phenoxy) is 2. The maximum absolute atomic E-state index is 12.1. The molecule has 0 fully saturated rings.